The molecule has 4 nitrogen and oxygen atoms in total. The summed E-state index contributed by atoms with van der Waals surface area (Å²) in [5.74, 6) is 1.25. The third-order valence-corrected chi connectivity index (χ3v) is 2.63. The van der Waals surface area contributed by atoms with Crippen molar-refractivity contribution in [2.45, 2.75) is 6.54 Å². The van der Waals surface area contributed by atoms with E-state index >= 15 is 0 Å². The minimum Gasteiger partial charge on any atom is -0.495 e. The van der Waals surface area contributed by atoms with Crippen molar-refractivity contribution in [1.29, 1.82) is 0 Å². The highest BCUT2D eigenvalue weighted by atomic mass is 35.5. The van der Waals surface area contributed by atoms with E-state index in [1.54, 1.807) is 13.3 Å². The molecule has 0 unspecified atom stereocenters. The minimum atomic E-state index is 0.317. The summed E-state index contributed by atoms with van der Waals surface area (Å²) in [7, 11) is 1.58. The second-order valence-corrected chi connectivity index (χ2v) is 3.82. The fourth-order valence-corrected chi connectivity index (χ4v) is 1.74. The molecule has 0 aliphatic rings. The first-order valence-corrected chi connectivity index (χ1v) is 5.48. The van der Waals surface area contributed by atoms with Crippen molar-refractivity contribution in [2.24, 2.45) is 5.73 Å². The first-order valence-electron chi connectivity index (χ1n) is 5.10. The third-order valence-electron chi connectivity index (χ3n) is 2.34. The van der Waals surface area contributed by atoms with Gasteiger partial charge in [-0.3, -0.25) is 0 Å². The topological polar surface area (TPSA) is 61.0 Å². The molecule has 0 aliphatic heterocycles. The quantitative estimate of drug-likeness (QED) is 0.907. The molecular weight excluding hydrogens is 238 g/mol. The Kier molecular flexibility index (Phi) is 3.56. The van der Waals surface area contributed by atoms with Crippen LogP contribution in [0.2, 0.25) is 5.02 Å². The van der Waals surface area contributed by atoms with E-state index in [0.29, 0.717) is 23.1 Å². The van der Waals surface area contributed by atoms with Gasteiger partial charge in [0.05, 0.1) is 24.4 Å². The summed E-state index contributed by atoms with van der Waals surface area (Å²) in [4.78, 5) is 8.37. The van der Waals surface area contributed by atoms with Crippen molar-refractivity contribution in [3.05, 3.63) is 41.3 Å². The molecule has 5 heteroatoms. The molecule has 0 radical (unpaired) electrons. The molecule has 2 aromatic rings. The van der Waals surface area contributed by atoms with Crippen molar-refractivity contribution < 1.29 is 4.74 Å². The van der Waals surface area contributed by atoms with Crippen LogP contribution in [-0.2, 0) is 6.54 Å². The average Bonchev–Trinajstić information content (AvgIpc) is 2.38. The maximum atomic E-state index is 6.06. The summed E-state index contributed by atoms with van der Waals surface area (Å²) in [6, 6.07) is 7.33. The highest BCUT2D eigenvalue weighted by molar-refractivity contribution is 6.32. The predicted molar refractivity (Wildman–Crippen MR) is 66.9 cm³/mol. The van der Waals surface area contributed by atoms with Crippen LogP contribution in [0, 0.1) is 0 Å². The molecule has 1 heterocycles. The average molecular weight is 250 g/mol. The molecule has 1 aromatic heterocycles. The second-order valence-electron chi connectivity index (χ2n) is 3.41. The van der Waals surface area contributed by atoms with E-state index < -0.39 is 0 Å². The van der Waals surface area contributed by atoms with Crippen LogP contribution in [0.4, 0.5) is 0 Å². The van der Waals surface area contributed by atoms with Crippen LogP contribution in [0.5, 0.6) is 5.75 Å². The van der Waals surface area contributed by atoms with E-state index in [9.17, 15) is 0 Å². The molecule has 0 aliphatic carbocycles. The molecule has 0 atom stereocenters. The molecule has 0 saturated heterocycles. The summed E-state index contributed by atoms with van der Waals surface area (Å²) >= 11 is 6.06. The first kappa shape index (κ1) is 11.8. The van der Waals surface area contributed by atoms with Gasteiger partial charge in [-0.15, -0.1) is 0 Å². The van der Waals surface area contributed by atoms with Crippen molar-refractivity contribution in [1.82, 2.24) is 9.97 Å². The van der Waals surface area contributed by atoms with Crippen LogP contribution >= 0.6 is 11.6 Å². The van der Waals surface area contributed by atoms with E-state index in [2.05, 4.69) is 9.97 Å². The number of hydrogen-bond acceptors (Lipinski definition) is 4. The fraction of sp³-hybridized carbons (Fsp3) is 0.167. The zero-order valence-corrected chi connectivity index (χ0v) is 10.1. The molecule has 17 heavy (non-hydrogen) atoms. The molecule has 2 N–H and O–H groups in total. The highest BCUT2D eigenvalue weighted by Crippen LogP contribution is 2.29. The number of nitrogens with zero attached hydrogens (tertiary/aromatic N) is 2. The minimum absolute atomic E-state index is 0.317. The summed E-state index contributed by atoms with van der Waals surface area (Å²) in [6.45, 7) is 0.317. The lowest BCUT2D eigenvalue weighted by atomic mass is 10.1. The van der Waals surface area contributed by atoms with Crippen LogP contribution < -0.4 is 10.5 Å². The Bertz CT molecular complexity index is 531. The van der Waals surface area contributed by atoms with Crippen molar-refractivity contribution >= 4 is 11.6 Å². The first-order chi connectivity index (χ1) is 8.24. The number of hydrogen-bond donors (Lipinski definition) is 1. The largest absolute Gasteiger partial charge is 0.495 e. The zero-order valence-electron chi connectivity index (χ0n) is 9.35. The lowest BCUT2D eigenvalue weighted by Crippen LogP contribution is -2.03. The molecule has 1 aromatic carbocycles. The van der Waals surface area contributed by atoms with Crippen LogP contribution in [0.25, 0.3) is 11.3 Å². The smallest absolute Gasteiger partial charge is 0.142 e. The summed E-state index contributed by atoms with van der Waals surface area (Å²) in [6.07, 6.45) is 1.68. The monoisotopic (exact) mass is 249 g/mol. The van der Waals surface area contributed by atoms with Crippen LogP contribution in [0.15, 0.2) is 30.5 Å². The molecule has 88 valence electrons. The normalized spacial score (nSPS) is 10.3. The number of nitrogens with two attached hydrogens (primary N) is 1. The molecule has 0 saturated carbocycles. The summed E-state index contributed by atoms with van der Waals surface area (Å²) in [5, 5.41) is 0.554. The standard InChI is InChI=1S/C12H12ClN3O/c1-17-11-3-2-8(6-9(11)13)10-4-5-15-12(7-14)16-10/h2-6H,7,14H2,1H3. The van der Waals surface area contributed by atoms with E-state index in [0.717, 1.165) is 11.3 Å². The van der Waals surface area contributed by atoms with E-state index in [-0.39, 0.29) is 0 Å². The Morgan fingerprint density at radius 2 is 2.18 bits per heavy atom. The van der Waals surface area contributed by atoms with E-state index in [1.165, 1.54) is 0 Å². The van der Waals surface area contributed by atoms with Crippen LogP contribution in [0.3, 0.4) is 0 Å². The highest BCUT2D eigenvalue weighted by Gasteiger charge is 2.05. The Morgan fingerprint density at radius 1 is 1.35 bits per heavy atom. The Morgan fingerprint density at radius 3 is 2.82 bits per heavy atom. The van der Waals surface area contributed by atoms with Gasteiger partial charge in [-0.05, 0) is 24.3 Å². The number of aromatic nitrogens is 2. The van der Waals surface area contributed by atoms with Gasteiger partial charge >= 0.3 is 0 Å². The van der Waals surface area contributed by atoms with Crippen LogP contribution in [-0.4, -0.2) is 17.1 Å². The summed E-state index contributed by atoms with van der Waals surface area (Å²) < 4.78 is 5.10. The lowest BCUT2D eigenvalue weighted by molar-refractivity contribution is 0.415. The fourth-order valence-electron chi connectivity index (χ4n) is 1.48. The lowest BCUT2D eigenvalue weighted by Gasteiger charge is -2.06. The third kappa shape index (κ3) is 2.54. The zero-order chi connectivity index (χ0) is 12.3. The summed E-state index contributed by atoms with van der Waals surface area (Å²) in [5.41, 5.74) is 7.21. The molecule has 0 fully saturated rings. The molecule has 0 bridgehead atoms. The van der Waals surface area contributed by atoms with Crippen molar-refractivity contribution in [3.63, 3.8) is 0 Å². The van der Waals surface area contributed by atoms with Gasteiger partial charge in [0, 0.05) is 11.8 Å². The number of ether oxygens (including phenoxy) is 1. The van der Waals surface area contributed by atoms with Gasteiger partial charge in [0.2, 0.25) is 0 Å². The van der Waals surface area contributed by atoms with Gasteiger partial charge in [-0.2, -0.15) is 0 Å². The molecule has 0 amide bonds. The number of halogens is 1. The Hall–Kier alpha value is -1.65. The number of methoxy groups -OCH3 is 1. The van der Waals surface area contributed by atoms with E-state index in [1.807, 2.05) is 24.3 Å². The van der Waals surface area contributed by atoms with Crippen molar-refractivity contribution in [2.75, 3.05) is 7.11 Å². The number of benzene rings is 1. The van der Waals surface area contributed by atoms with Gasteiger partial charge in [-0.1, -0.05) is 11.6 Å². The van der Waals surface area contributed by atoms with Crippen molar-refractivity contribution in [3.8, 4) is 17.0 Å². The maximum Gasteiger partial charge on any atom is 0.142 e. The molecule has 2 rings (SSSR count). The molecular formula is C12H12ClN3O. The van der Waals surface area contributed by atoms with Gasteiger partial charge in [-0.25, -0.2) is 9.97 Å². The Labute approximate surface area is 104 Å². The predicted octanol–water partition coefficient (Wildman–Crippen LogP) is 2.26. The van der Waals surface area contributed by atoms with Gasteiger partial charge in [0.1, 0.15) is 11.6 Å². The SMILES string of the molecule is COc1ccc(-c2ccnc(CN)n2)cc1Cl. The Balaban J connectivity index is 2.42. The van der Waals surface area contributed by atoms with E-state index in [4.69, 9.17) is 22.1 Å². The van der Waals surface area contributed by atoms with Gasteiger partial charge < -0.3 is 10.5 Å². The van der Waals surface area contributed by atoms with Gasteiger partial charge in [0.15, 0.2) is 0 Å². The maximum absolute atomic E-state index is 6.06. The molecule has 0 spiro atoms. The van der Waals surface area contributed by atoms with Crippen LogP contribution in [0.1, 0.15) is 5.82 Å². The second kappa shape index (κ2) is 5.12. The van der Waals surface area contributed by atoms with Gasteiger partial charge in [0.25, 0.3) is 0 Å². The number of rotatable bonds is 3.